The van der Waals surface area contributed by atoms with Crippen molar-refractivity contribution in [3.8, 4) is 5.75 Å². The van der Waals surface area contributed by atoms with Crippen molar-refractivity contribution < 1.29 is 4.74 Å². The lowest BCUT2D eigenvalue weighted by Crippen LogP contribution is -1.99. The molecule has 0 aliphatic rings. The monoisotopic (exact) mass is 245 g/mol. The fourth-order valence-electron chi connectivity index (χ4n) is 2.07. The van der Waals surface area contributed by atoms with Gasteiger partial charge >= 0.3 is 0 Å². The number of benzene rings is 1. The van der Waals surface area contributed by atoms with Gasteiger partial charge < -0.3 is 15.0 Å². The van der Waals surface area contributed by atoms with E-state index in [2.05, 4.69) is 17.1 Å². The Morgan fingerprint density at radius 1 is 1.39 bits per heavy atom. The van der Waals surface area contributed by atoms with Crippen molar-refractivity contribution in [1.82, 2.24) is 9.55 Å². The first kappa shape index (κ1) is 12.6. The third kappa shape index (κ3) is 2.54. The van der Waals surface area contributed by atoms with Crippen LogP contribution in [0.3, 0.4) is 0 Å². The topological polar surface area (TPSA) is 53.1 Å². The van der Waals surface area contributed by atoms with E-state index < -0.39 is 0 Å². The van der Waals surface area contributed by atoms with Crippen LogP contribution in [0.2, 0.25) is 0 Å². The zero-order valence-corrected chi connectivity index (χ0v) is 11.1. The molecular formula is C14H19N3O. The fraction of sp³-hybridized carbons (Fsp3) is 0.357. The lowest BCUT2D eigenvalue weighted by molar-refractivity contribution is 0.411. The van der Waals surface area contributed by atoms with Gasteiger partial charge in [-0.1, -0.05) is 12.1 Å². The number of imidazole rings is 1. The van der Waals surface area contributed by atoms with E-state index in [1.165, 1.54) is 5.56 Å². The van der Waals surface area contributed by atoms with Crippen LogP contribution in [0.25, 0.3) is 0 Å². The molecule has 4 heteroatoms. The number of ether oxygens (including phenoxy) is 1. The molecular weight excluding hydrogens is 226 g/mol. The van der Waals surface area contributed by atoms with Crippen molar-refractivity contribution in [2.75, 3.05) is 7.11 Å². The molecule has 1 aromatic carbocycles. The number of aromatic nitrogens is 2. The second-order valence-electron chi connectivity index (χ2n) is 4.44. The van der Waals surface area contributed by atoms with Gasteiger partial charge in [0.25, 0.3) is 0 Å². The van der Waals surface area contributed by atoms with Crippen LogP contribution < -0.4 is 10.5 Å². The number of nitrogens with two attached hydrogens (primary N) is 1. The van der Waals surface area contributed by atoms with Crippen molar-refractivity contribution in [2.24, 2.45) is 12.8 Å². The predicted octanol–water partition coefficient (Wildman–Crippen LogP) is 1.79. The third-order valence-electron chi connectivity index (χ3n) is 3.05. The molecule has 0 spiro atoms. The molecule has 4 nitrogen and oxygen atoms in total. The molecule has 0 saturated heterocycles. The Balaban J connectivity index is 2.22. The average molecular weight is 245 g/mol. The zero-order chi connectivity index (χ0) is 13.1. The van der Waals surface area contributed by atoms with Gasteiger partial charge in [0.1, 0.15) is 11.6 Å². The van der Waals surface area contributed by atoms with Crippen LogP contribution in [0.15, 0.2) is 24.4 Å². The van der Waals surface area contributed by atoms with Crippen LogP contribution in [-0.2, 0) is 20.0 Å². The predicted molar refractivity (Wildman–Crippen MR) is 71.6 cm³/mol. The first-order valence-corrected chi connectivity index (χ1v) is 5.98. The summed E-state index contributed by atoms with van der Waals surface area (Å²) in [5.41, 5.74) is 8.89. The van der Waals surface area contributed by atoms with Gasteiger partial charge in [0.05, 0.1) is 12.8 Å². The number of methoxy groups -OCH3 is 1. The summed E-state index contributed by atoms with van der Waals surface area (Å²) in [4.78, 5) is 4.50. The van der Waals surface area contributed by atoms with Crippen LogP contribution in [0.4, 0.5) is 0 Å². The second kappa shape index (κ2) is 5.23. The van der Waals surface area contributed by atoms with Crippen molar-refractivity contribution in [3.63, 3.8) is 0 Å². The molecule has 0 amide bonds. The Bertz CT molecular complexity index is 546. The summed E-state index contributed by atoms with van der Waals surface area (Å²) in [6, 6.07) is 6.20. The number of hydrogen-bond acceptors (Lipinski definition) is 3. The van der Waals surface area contributed by atoms with E-state index in [1.807, 2.05) is 30.8 Å². The molecule has 2 rings (SSSR count). The minimum Gasteiger partial charge on any atom is -0.496 e. The molecule has 0 bridgehead atoms. The van der Waals surface area contributed by atoms with Gasteiger partial charge in [-0.15, -0.1) is 0 Å². The Hall–Kier alpha value is -1.81. The molecule has 0 atom stereocenters. The summed E-state index contributed by atoms with van der Waals surface area (Å²) >= 11 is 0. The van der Waals surface area contributed by atoms with Gasteiger partial charge in [-0.2, -0.15) is 0 Å². The highest BCUT2D eigenvalue weighted by atomic mass is 16.5. The minimum atomic E-state index is 0.482. The van der Waals surface area contributed by atoms with E-state index in [9.17, 15) is 0 Å². The summed E-state index contributed by atoms with van der Waals surface area (Å²) in [7, 11) is 3.69. The molecule has 0 radical (unpaired) electrons. The zero-order valence-electron chi connectivity index (χ0n) is 11.1. The van der Waals surface area contributed by atoms with E-state index in [0.717, 1.165) is 29.3 Å². The molecule has 0 fully saturated rings. The highest BCUT2D eigenvalue weighted by Gasteiger charge is 2.06. The molecule has 18 heavy (non-hydrogen) atoms. The Labute approximate surface area is 107 Å². The van der Waals surface area contributed by atoms with E-state index >= 15 is 0 Å². The number of rotatable bonds is 4. The van der Waals surface area contributed by atoms with Gasteiger partial charge in [0.15, 0.2) is 0 Å². The lowest BCUT2D eigenvalue weighted by atomic mass is 10.1. The first-order valence-electron chi connectivity index (χ1n) is 5.98. The standard InChI is InChI=1S/C14H19N3O/c1-10-6-11(4-5-13(10)18-3)7-14-16-12(8-15)9-17(14)2/h4-6,9H,7-8,15H2,1-3H3. The van der Waals surface area contributed by atoms with Crippen LogP contribution in [0, 0.1) is 6.92 Å². The van der Waals surface area contributed by atoms with Gasteiger partial charge in [-0.3, -0.25) is 0 Å². The number of nitrogens with zero attached hydrogens (tertiary/aromatic N) is 2. The van der Waals surface area contributed by atoms with Crippen molar-refractivity contribution in [3.05, 3.63) is 47.0 Å². The SMILES string of the molecule is COc1ccc(Cc2nc(CN)cn2C)cc1C. The van der Waals surface area contributed by atoms with Crippen LogP contribution in [0.1, 0.15) is 22.6 Å². The molecule has 0 aliphatic carbocycles. The first-order chi connectivity index (χ1) is 8.63. The maximum atomic E-state index is 5.60. The Morgan fingerprint density at radius 2 is 2.17 bits per heavy atom. The van der Waals surface area contributed by atoms with Crippen molar-refractivity contribution in [1.29, 1.82) is 0 Å². The maximum absolute atomic E-state index is 5.60. The normalized spacial score (nSPS) is 10.7. The van der Waals surface area contributed by atoms with Gasteiger partial charge in [0.2, 0.25) is 0 Å². The fourth-order valence-corrected chi connectivity index (χ4v) is 2.07. The lowest BCUT2D eigenvalue weighted by Gasteiger charge is -2.07. The quantitative estimate of drug-likeness (QED) is 0.893. The average Bonchev–Trinajstić information content (AvgIpc) is 2.70. The Morgan fingerprint density at radius 3 is 2.72 bits per heavy atom. The molecule has 0 unspecified atom stereocenters. The second-order valence-corrected chi connectivity index (χ2v) is 4.44. The molecule has 1 heterocycles. The summed E-state index contributed by atoms with van der Waals surface area (Å²) < 4.78 is 7.29. The largest absolute Gasteiger partial charge is 0.496 e. The van der Waals surface area contributed by atoms with Crippen molar-refractivity contribution in [2.45, 2.75) is 19.9 Å². The molecule has 1 aromatic heterocycles. The van der Waals surface area contributed by atoms with Gasteiger partial charge in [-0.05, 0) is 24.1 Å². The molecule has 0 aliphatic heterocycles. The van der Waals surface area contributed by atoms with E-state index in [4.69, 9.17) is 10.5 Å². The van der Waals surface area contributed by atoms with E-state index in [1.54, 1.807) is 7.11 Å². The van der Waals surface area contributed by atoms with Crippen LogP contribution in [-0.4, -0.2) is 16.7 Å². The summed E-state index contributed by atoms with van der Waals surface area (Å²) in [5, 5.41) is 0. The van der Waals surface area contributed by atoms with Crippen LogP contribution >= 0.6 is 0 Å². The van der Waals surface area contributed by atoms with Crippen LogP contribution in [0.5, 0.6) is 5.75 Å². The molecule has 96 valence electrons. The highest BCUT2D eigenvalue weighted by Crippen LogP contribution is 2.20. The molecule has 2 N–H and O–H groups in total. The van der Waals surface area contributed by atoms with Crippen molar-refractivity contribution >= 4 is 0 Å². The highest BCUT2D eigenvalue weighted by molar-refractivity contribution is 5.37. The number of hydrogen-bond donors (Lipinski definition) is 1. The smallest absolute Gasteiger partial charge is 0.121 e. The maximum Gasteiger partial charge on any atom is 0.121 e. The molecule has 2 aromatic rings. The van der Waals surface area contributed by atoms with E-state index in [-0.39, 0.29) is 0 Å². The summed E-state index contributed by atoms with van der Waals surface area (Å²) in [5.74, 6) is 1.95. The van der Waals surface area contributed by atoms with E-state index in [0.29, 0.717) is 6.54 Å². The summed E-state index contributed by atoms with van der Waals surface area (Å²) in [6.45, 7) is 2.53. The Kier molecular flexibility index (Phi) is 3.67. The third-order valence-corrected chi connectivity index (χ3v) is 3.05. The van der Waals surface area contributed by atoms with Gasteiger partial charge in [-0.25, -0.2) is 4.98 Å². The number of aryl methyl sites for hydroxylation is 2. The molecule has 0 saturated carbocycles. The minimum absolute atomic E-state index is 0.482. The van der Waals surface area contributed by atoms with Gasteiger partial charge in [0, 0.05) is 26.2 Å². The summed E-state index contributed by atoms with van der Waals surface area (Å²) in [6.07, 6.45) is 2.78.